The number of rotatable bonds is 5. The minimum Gasteiger partial charge on any atom is -0.457 e. The fourth-order valence-electron chi connectivity index (χ4n) is 1.89. The molecule has 0 fully saturated rings. The van der Waals surface area contributed by atoms with Crippen molar-refractivity contribution in [3.63, 3.8) is 0 Å². The van der Waals surface area contributed by atoms with Crippen LogP contribution in [-0.2, 0) is 0 Å². The third-order valence-corrected chi connectivity index (χ3v) is 3.26. The number of hydrazone groups is 1. The van der Waals surface area contributed by atoms with Gasteiger partial charge in [0.05, 0.1) is 17.4 Å². The number of ether oxygens (including phenoxy) is 1. The first-order chi connectivity index (χ1) is 11.4. The lowest BCUT2D eigenvalue weighted by molar-refractivity contribution is -0.387. The number of nitro benzene ring substituents is 1. The SMILES string of the molecule is C#CC(C)/C=N\N1C=CC(Oc2cc(F)c([N+](=O)[O-])cc2C)=CC1. The molecule has 0 amide bonds. The van der Waals surface area contributed by atoms with Gasteiger partial charge in [-0.25, -0.2) is 0 Å². The number of terminal acetylenes is 1. The molecule has 0 N–H and O–H groups in total. The zero-order valence-corrected chi connectivity index (χ0v) is 13.3. The number of nitrogens with zero attached hydrogens (tertiary/aromatic N) is 3. The second kappa shape index (κ2) is 7.42. The average molecular weight is 329 g/mol. The first-order valence-electron chi connectivity index (χ1n) is 7.18. The maximum absolute atomic E-state index is 13.7. The molecule has 1 heterocycles. The number of nitro groups is 1. The summed E-state index contributed by atoms with van der Waals surface area (Å²) < 4.78 is 19.3. The van der Waals surface area contributed by atoms with Gasteiger partial charge in [0, 0.05) is 24.5 Å². The third kappa shape index (κ3) is 4.20. The molecule has 1 unspecified atom stereocenters. The smallest absolute Gasteiger partial charge is 0.305 e. The van der Waals surface area contributed by atoms with Crippen molar-refractivity contribution in [2.24, 2.45) is 11.0 Å². The van der Waals surface area contributed by atoms with E-state index in [2.05, 4.69) is 11.0 Å². The summed E-state index contributed by atoms with van der Waals surface area (Å²) in [6, 6.07) is 2.16. The van der Waals surface area contributed by atoms with E-state index in [1.807, 2.05) is 6.92 Å². The Balaban J connectivity index is 2.06. The molecule has 124 valence electrons. The van der Waals surface area contributed by atoms with Crippen LogP contribution in [0.2, 0.25) is 0 Å². The fourth-order valence-corrected chi connectivity index (χ4v) is 1.89. The van der Waals surface area contributed by atoms with Crippen molar-refractivity contribution in [2.45, 2.75) is 13.8 Å². The number of hydrogen-bond donors (Lipinski definition) is 0. The van der Waals surface area contributed by atoms with E-state index >= 15 is 0 Å². The van der Waals surface area contributed by atoms with Gasteiger partial charge in [0.15, 0.2) is 0 Å². The van der Waals surface area contributed by atoms with Gasteiger partial charge in [-0.1, -0.05) is 5.92 Å². The summed E-state index contributed by atoms with van der Waals surface area (Å²) in [4.78, 5) is 9.95. The van der Waals surface area contributed by atoms with Crippen LogP contribution in [0, 0.1) is 41.1 Å². The van der Waals surface area contributed by atoms with Crippen LogP contribution in [-0.4, -0.2) is 22.7 Å². The van der Waals surface area contributed by atoms with Crippen molar-refractivity contribution in [3.8, 4) is 18.1 Å². The van der Waals surface area contributed by atoms with E-state index in [4.69, 9.17) is 11.2 Å². The fraction of sp³-hybridized carbons (Fsp3) is 0.235. The predicted octanol–water partition coefficient (Wildman–Crippen LogP) is 3.39. The summed E-state index contributed by atoms with van der Waals surface area (Å²) in [6.45, 7) is 3.94. The Bertz CT molecular complexity index is 778. The van der Waals surface area contributed by atoms with Crippen molar-refractivity contribution in [1.82, 2.24) is 5.01 Å². The van der Waals surface area contributed by atoms with Crippen molar-refractivity contribution < 1.29 is 14.1 Å². The minimum absolute atomic E-state index is 0.0641. The summed E-state index contributed by atoms with van der Waals surface area (Å²) >= 11 is 0. The summed E-state index contributed by atoms with van der Waals surface area (Å²) in [7, 11) is 0. The largest absolute Gasteiger partial charge is 0.457 e. The molecule has 0 saturated carbocycles. The highest BCUT2D eigenvalue weighted by Crippen LogP contribution is 2.28. The van der Waals surface area contributed by atoms with Crippen LogP contribution in [0.3, 0.4) is 0 Å². The molecule has 0 bridgehead atoms. The Morgan fingerprint density at radius 1 is 1.58 bits per heavy atom. The van der Waals surface area contributed by atoms with Crippen LogP contribution < -0.4 is 4.74 Å². The number of hydrogen-bond acceptors (Lipinski definition) is 5. The summed E-state index contributed by atoms with van der Waals surface area (Å²) in [5.41, 5.74) is -0.100. The standard InChI is InChI=1S/C17H16FN3O3/c1-4-12(2)11-19-20-7-5-14(6-8-20)24-17-10-15(18)16(21(22)23)9-13(17)3/h1,5-7,9-12H,8H2,2-3H3/b19-11-. The molecule has 2 rings (SSSR count). The topological polar surface area (TPSA) is 68.0 Å². The van der Waals surface area contributed by atoms with E-state index in [0.717, 1.165) is 12.1 Å². The monoisotopic (exact) mass is 329 g/mol. The minimum atomic E-state index is -0.935. The third-order valence-electron chi connectivity index (χ3n) is 3.26. The van der Waals surface area contributed by atoms with Gasteiger partial charge in [-0.3, -0.25) is 15.1 Å². The number of halogens is 1. The molecule has 0 spiro atoms. The second-order valence-corrected chi connectivity index (χ2v) is 5.19. The Hall–Kier alpha value is -3.14. The molecule has 0 saturated heterocycles. The quantitative estimate of drug-likeness (QED) is 0.359. The van der Waals surface area contributed by atoms with Gasteiger partial charge < -0.3 is 4.74 Å². The molecule has 0 aliphatic carbocycles. The van der Waals surface area contributed by atoms with E-state index < -0.39 is 16.4 Å². The lowest BCUT2D eigenvalue weighted by atomic mass is 10.2. The molecule has 1 aromatic rings. The first kappa shape index (κ1) is 17.2. The second-order valence-electron chi connectivity index (χ2n) is 5.19. The van der Waals surface area contributed by atoms with Crippen LogP contribution in [0.15, 0.2) is 41.3 Å². The van der Waals surface area contributed by atoms with Crippen molar-refractivity contribution in [2.75, 3.05) is 6.54 Å². The van der Waals surface area contributed by atoms with Gasteiger partial charge in [-0.15, -0.1) is 6.42 Å². The van der Waals surface area contributed by atoms with E-state index in [1.165, 1.54) is 0 Å². The molecule has 0 aromatic heterocycles. The first-order valence-corrected chi connectivity index (χ1v) is 7.18. The Labute approximate surface area is 139 Å². The van der Waals surface area contributed by atoms with E-state index in [-0.39, 0.29) is 11.7 Å². The number of benzene rings is 1. The maximum Gasteiger partial charge on any atom is 0.305 e. The molecule has 1 aliphatic heterocycles. The van der Waals surface area contributed by atoms with Gasteiger partial charge in [0.2, 0.25) is 5.82 Å². The van der Waals surface area contributed by atoms with Crippen molar-refractivity contribution in [3.05, 3.63) is 57.7 Å². The molecule has 0 radical (unpaired) electrons. The molecule has 1 atom stereocenters. The predicted molar refractivity (Wildman–Crippen MR) is 88.8 cm³/mol. The Kier molecular flexibility index (Phi) is 5.32. The van der Waals surface area contributed by atoms with E-state index in [9.17, 15) is 14.5 Å². The van der Waals surface area contributed by atoms with Crippen LogP contribution in [0.1, 0.15) is 12.5 Å². The highest BCUT2D eigenvalue weighted by molar-refractivity contribution is 5.63. The molecular formula is C17H16FN3O3. The number of aryl methyl sites for hydroxylation is 1. The lowest BCUT2D eigenvalue weighted by Gasteiger charge is -2.18. The van der Waals surface area contributed by atoms with Crippen LogP contribution >= 0.6 is 0 Å². The molecule has 1 aromatic carbocycles. The van der Waals surface area contributed by atoms with Crippen LogP contribution in [0.4, 0.5) is 10.1 Å². The highest BCUT2D eigenvalue weighted by atomic mass is 19.1. The van der Waals surface area contributed by atoms with E-state index in [1.54, 1.807) is 36.5 Å². The maximum atomic E-state index is 13.7. The van der Waals surface area contributed by atoms with Gasteiger partial charge in [0.1, 0.15) is 11.5 Å². The Morgan fingerprint density at radius 3 is 2.92 bits per heavy atom. The summed E-state index contributed by atoms with van der Waals surface area (Å²) in [6.07, 6.45) is 12.0. The van der Waals surface area contributed by atoms with Gasteiger partial charge in [-0.2, -0.15) is 9.49 Å². The Morgan fingerprint density at radius 2 is 2.33 bits per heavy atom. The average Bonchev–Trinajstić information content (AvgIpc) is 2.56. The van der Waals surface area contributed by atoms with Gasteiger partial charge >= 0.3 is 5.69 Å². The normalized spacial score (nSPS) is 15.1. The molecule has 1 aliphatic rings. The van der Waals surface area contributed by atoms with Gasteiger partial charge in [0.25, 0.3) is 0 Å². The summed E-state index contributed by atoms with van der Waals surface area (Å²) in [5.74, 6) is 2.28. The summed E-state index contributed by atoms with van der Waals surface area (Å²) in [5, 5.41) is 16.6. The molecule has 7 heteroatoms. The lowest BCUT2D eigenvalue weighted by Crippen LogP contribution is -2.16. The van der Waals surface area contributed by atoms with Crippen molar-refractivity contribution >= 4 is 11.9 Å². The zero-order valence-electron chi connectivity index (χ0n) is 13.3. The van der Waals surface area contributed by atoms with Gasteiger partial charge in [-0.05, 0) is 31.6 Å². The van der Waals surface area contributed by atoms with Crippen LogP contribution in [0.5, 0.6) is 5.75 Å². The molecule has 24 heavy (non-hydrogen) atoms. The van der Waals surface area contributed by atoms with E-state index in [0.29, 0.717) is 17.9 Å². The van der Waals surface area contributed by atoms with Crippen LogP contribution in [0.25, 0.3) is 0 Å². The zero-order chi connectivity index (χ0) is 17.7. The van der Waals surface area contributed by atoms with Crippen molar-refractivity contribution in [1.29, 1.82) is 0 Å². The highest BCUT2D eigenvalue weighted by Gasteiger charge is 2.18. The molecule has 6 nitrogen and oxygen atoms in total. The number of allylic oxidation sites excluding steroid dienone is 1. The molecular weight excluding hydrogens is 313 g/mol.